The van der Waals surface area contributed by atoms with E-state index in [4.69, 9.17) is 34.7 Å². The highest BCUT2D eigenvalue weighted by atomic mass is 35.5. The van der Waals surface area contributed by atoms with E-state index in [0.29, 0.717) is 6.42 Å². The standard InChI is InChI=1S/C13H12Cl2N2O3/c1-3-8(4-2)16-13(20)17-11-9(14)5-7(12(18)19)6-10(11)15/h1,5-6,8H,4H2,2H3,(H,18,19)(H2,16,17,20). The first-order valence-electron chi connectivity index (χ1n) is 5.65. The first kappa shape index (κ1) is 16.2. The number of hydrogen-bond acceptors (Lipinski definition) is 2. The number of carbonyl (C=O) groups excluding carboxylic acids is 1. The van der Waals surface area contributed by atoms with Crippen molar-refractivity contribution in [2.75, 3.05) is 5.32 Å². The monoisotopic (exact) mass is 314 g/mol. The number of hydrogen-bond donors (Lipinski definition) is 3. The number of aromatic carboxylic acids is 1. The van der Waals surface area contributed by atoms with E-state index in [1.165, 1.54) is 12.1 Å². The lowest BCUT2D eigenvalue weighted by Gasteiger charge is -2.14. The number of carboxylic acids is 1. The molecule has 5 nitrogen and oxygen atoms in total. The molecule has 3 N–H and O–H groups in total. The maximum absolute atomic E-state index is 11.7. The van der Waals surface area contributed by atoms with E-state index in [2.05, 4.69) is 16.6 Å². The fourth-order valence-electron chi connectivity index (χ4n) is 1.39. The van der Waals surface area contributed by atoms with Crippen LogP contribution in [0.4, 0.5) is 10.5 Å². The number of carboxylic acid groups (broad SMARTS) is 1. The van der Waals surface area contributed by atoms with E-state index in [-0.39, 0.29) is 21.3 Å². The van der Waals surface area contributed by atoms with E-state index < -0.39 is 18.0 Å². The molecular weight excluding hydrogens is 303 g/mol. The molecule has 2 amide bonds. The van der Waals surface area contributed by atoms with Gasteiger partial charge in [0.25, 0.3) is 0 Å². The highest BCUT2D eigenvalue weighted by molar-refractivity contribution is 6.40. The minimum absolute atomic E-state index is 0.0267. The Balaban J connectivity index is 2.91. The molecule has 0 fully saturated rings. The number of benzene rings is 1. The highest BCUT2D eigenvalue weighted by Crippen LogP contribution is 2.31. The van der Waals surface area contributed by atoms with Crippen LogP contribution in [-0.2, 0) is 0 Å². The van der Waals surface area contributed by atoms with Crippen molar-refractivity contribution in [2.45, 2.75) is 19.4 Å². The molecule has 0 radical (unpaired) electrons. The van der Waals surface area contributed by atoms with Crippen LogP contribution in [0.3, 0.4) is 0 Å². The number of carbonyl (C=O) groups is 2. The van der Waals surface area contributed by atoms with Crippen molar-refractivity contribution in [2.24, 2.45) is 0 Å². The SMILES string of the molecule is C#CC(CC)NC(=O)Nc1c(Cl)cc(C(=O)O)cc1Cl. The van der Waals surface area contributed by atoms with E-state index in [1.54, 1.807) is 0 Å². The van der Waals surface area contributed by atoms with Crippen LogP contribution in [-0.4, -0.2) is 23.1 Å². The predicted molar refractivity (Wildman–Crippen MR) is 78.5 cm³/mol. The average Bonchev–Trinajstić information content (AvgIpc) is 2.39. The van der Waals surface area contributed by atoms with Crippen molar-refractivity contribution < 1.29 is 14.7 Å². The Kier molecular flexibility index (Phi) is 5.68. The minimum atomic E-state index is -1.16. The number of halogens is 2. The molecule has 7 heteroatoms. The quantitative estimate of drug-likeness (QED) is 0.747. The highest BCUT2D eigenvalue weighted by Gasteiger charge is 2.15. The lowest BCUT2D eigenvalue weighted by molar-refractivity contribution is 0.0697. The number of rotatable bonds is 4. The van der Waals surface area contributed by atoms with Crippen LogP contribution < -0.4 is 10.6 Å². The van der Waals surface area contributed by atoms with Crippen LogP contribution in [0.15, 0.2) is 12.1 Å². The lowest BCUT2D eigenvalue weighted by Crippen LogP contribution is -2.36. The molecule has 106 valence electrons. The first-order chi connectivity index (χ1) is 9.38. The topological polar surface area (TPSA) is 78.4 Å². The van der Waals surface area contributed by atoms with Crippen molar-refractivity contribution in [1.82, 2.24) is 5.32 Å². The van der Waals surface area contributed by atoms with Crippen molar-refractivity contribution in [3.63, 3.8) is 0 Å². The summed E-state index contributed by atoms with van der Waals surface area (Å²) in [5.74, 6) is 1.24. The van der Waals surface area contributed by atoms with Crippen molar-refractivity contribution >= 4 is 40.9 Å². The molecule has 0 aliphatic rings. The number of amides is 2. The molecule has 0 aliphatic heterocycles. The first-order valence-corrected chi connectivity index (χ1v) is 6.40. The third-order valence-electron chi connectivity index (χ3n) is 2.44. The molecule has 20 heavy (non-hydrogen) atoms. The third kappa shape index (κ3) is 4.05. The summed E-state index contributed by atoms with van der Waals surface area (Å²) in [7, 11) is 0. The molecule has 1 aromatic rings. The zero-order valence-electron chi connectivity index (χ0n) is 10.5. The Labute approximate surface area is 126 Å². The predicted octanol–water partition coefficient (Wildman–Crippen LogP) is 3.22. The fourth-order valence-corrected chi connectivity index (χ4v) is 1.97. The maximum Gasteiger partial charge on any atom is 0.335 e. The van der Waals surface area contributed by atoms with Gasteiger partial charge in [0, 0.05) is 0 Å². The molecule has 0 aromatic heterocycles. The van der Waals surface area contributed by atoms with Gasteiger partial charge in [0.1, 0.15) is 0 Å². The van der Waals surface area contributed by atoms with Crippen LogP contribution in [0.25, 0.3) is 0 Å². The normalized spacial score (nSPS) is 11.3. The van der Waals surface area contributed by atoms with Crippen LogP contribution >= 0.6 is 23.2 Å². The Bertz CT molecular complexity index is 558. The maximum atomic E-state index is 11.7. The van der Waals surface area contributed by atoms with Crippen molar-refractivity contribution in [1.29, 1.82) is 0 Å². The van der Waals surface area contributed by atoms with Crippen LogP contribution in [0.5, 0.6) is 0 Å². The fraction of sp³-hybridized carbons (Fsp3) is 0.231. The van der Waals surface area contributed by atoms with Gasteiger partial charge in [-0.25, -0.2) is 9.59 Å². The molecule has 0 saturated carbocycles. The van der Waals surface area contributed by atoms with Crippen LogP contribution in [0, 0.1) is 12.3 Å². The zero-order chi connectivity index (χ0) is 15.3. The Morgan fingerprint density at radius 2 is 1.95 bits per heavy atom. The molecule has 0 heterocycles. The van der Waals surface area contributed by atoms with Gasteiger partial charge in [-0.05, 0) is 18.6 Å². The molecule has 0 aliphatic carbocycles. The number of terminal acetylenes is 1. The minimum Gasteiger partial charge on any atom is -0.478 e. The number of urea groups is 1. The van der Waals surface area contributed by atoms with Gasteiger partial charge in [-0.15, -0.1) is 6.42 Å². The molecular formula is C13H12Cl2N2O3. The van der Waals surface area contributed by atoms with Crippen LogP contribution in [0.2, 0.25) is 10.0 Å². The number of anilines is 1. The zero-order valence-corrected chi connectivity index (χ0v) is 12.0. The molecule has 1 atom stereocenters. The van der Waals surface area contributed by atoms with Gasteiger partial charge in [0.05, 0.1) is 27.3 Å². The summed E-state index contributed by atoms with van der Waals surface area (Å²) >= 11 is 11.8. The van der Waals surface area contributed by atoms with Crippen molar-refractivity contribution in [3.8, 4) is 12.3 Å². The summed E-state index contributed by atoms with van der Waals surface area (Å²) in [5, 5.41) is 13.9. The van der Waals surface area contributed by atoms with E-state index in [9.17, 15) is 9.59 Å². The molecule has 1 aromatic carbocycles. The molecule has 0 spiro atoms. The summed E-state index contributed by atoms with van der Waals surface area (Å²) in [6, 6.07) is 1.42. The largest absolute Gasteiger partial charge is 0.478 e. The van der Waals surface area contributed by atoms with Gasteiger partial charge >= 0.3 is 12.0 Å². The van der Waals surface area contributed by atoms with Gasteiger partial charge in [0.2, 0.25) is 0 Å². The lowest BCUT2D eigenvalue weighted by atomic mass is 10.2. The van der Waals surface area contributed by atoms with Gasteiger partial charge in [-0.2, -0.15) is 0 Å². The Morgan fingerprint density at radius 3 is 2.35 bits per heavy atom. The third-order valence-corrected chi connectivity index (χ3v) is 3.04. The second kappa shape index (κ2) is 7.04. The van der Waals surface area contributed by atoms with E-state index in [0.717, 1.165) is 0 Å². The molecule has 0 saturated heterocycles. The Morgan fingerprint density at radius 1 is 1.40 bits per heavy atom. The van der Waals surface area contributed by atoms with E-state index in [1.807, 2.05) is 6.92 Å². The molecule has 0 bridgehead atoms. The van der Waals surface area contributed by atoms with Gasteiger partial charge in [0.15, 0.2) is 0 Å². The summed E-state index contributed by atoms with van der Waals surface area (Å²) in [6.07, 6.45) is 5.80. The second-order valence-electron chi connectivity index (χ2n) is 3.85. The van der Waals surface area contributed by atoms with Gasteiger partial charge < -0.3 is 15.7 Å². The van der Waals surface area contributed by atoms with Gasteiger partial charge in [-0.3, -0.25) is 0 Å². The van der Waals surface area contributed by atoms with E-state index >= 15 is 0 Å². The van der Waals surface area contributed by atoms with Gasteiger partial charge in [-0.1, -0.05) is 36.0 Å². The average molecular weight is 315 g/mol. The summed E-state index contributed by atoms with van der Waals surface area (Å²) in [6.45, 7) is 1.83. The van der Waals surface area contributed by atoms with Crippen molar-refractivity contribution in [3.05, 3.63) is 27.7 Å². The summed E-state index contributed by atoms with van der Waals surface area (Å²) in [5.41, 5.74) is 0.0590. The smallest absolute Gasteiger partial charge is 0.335 e. The molecule has 1 unspecified atom stereocenters. The molecule has 1 rings (SSSR count). The number of nitrogens with one attached hydrogen (secondary N) is 2. The Hall–Kier alpha value is -1.90. The second-order valence-corrected chi connectivity index (χ2v) is 4.66. The summed E-state index contributed by atoms with van der Waals surface area (Å²) < 4.78 is 0. The van der Waals surface area contributed by atoms with Crippen LogP contribution in [0.1, 0.15) is 23.7 Å². The summed E-state index contributed by atoms with van der Waals surface area (Å²) in [4.78, 5) is 22.5.